The lowest BCUT2D eigenvalue weighted by molar-refractivity contribution is -0.127. The summed E-state index contributed by atoms with van der Waals surface area (Å²) in [6, 6.07) is -1.49. The van der Waals surface area contributed by atoms with E-state index < -0.39 is 30.0 Å². The Morgan fingerprint density at radius 2 is 1.51 bits per heavy atom. The zero-order valence-corrected chi connectivity index (χ0v) is 31.2. The van der Waals surface area contributed by atoms with Gasteiger partial charge in [-0.3, -0.25) is 28.8 Å². The topological polar surface area (TPSA) is 276 Å². The summed E-state index contributed by atoms with van der Waals surface area (Å²) in [5, 5.41) is 18.3. The molecule has 0 saturated carbocycles. The lowest BCUT2D eigenvalue weighted by Gasteiger charge is -2.21. The molecule has 0 spiro atoms. The molecule has 0 aliphatic heterocycles. The normalized spacial score (nSPS) is 13.5. The van der Waals surface area contributed by atoms with E-state index >= 15 is 0 Å². The van der Waals surface area contributed by atoms with E-state index in [1.54, 1.807) is 13.1 Å². The molecule has 302 valence electrons. The number of aromatic amines is 1. The van der Waals surface area contributed by atoms with Crippen molar-refractivity contribution < 1.29 is 52.8 Å². The maximum Gasteiger partial charge on any atom is 0.245 e. The Morgan fingerprint density at radius 1 is 0.830 bits per heavy atom. The van der Waals surface area contributed by atoms with Crippen LogP contribution in [0.1, 0.15) is 70.9 Å². The minimum absolute atomic E-state index is 0.00261. The quantitative estimate of drug-likeness (QED) is 0.0404. The number of carbonyl (C=O) groups excluding carboxylic acids is 6. The van der Waals surface area contributed by atoms with Gasteiger partial charge in [0, 0.05) is 57.3 Å². The molecule has 4 atom stereocenters. The standard InChI is InChI=1S/C35H61N7O11/c1-3-33(47)40-12-14-51-16-17-52-22-27(44)7-6-13-50-15-18-53-23-34(48)39-11-5-4-8-30(31(45)10-9-28(25(2)43)35(37)49)41-21-32(46)29(36)19-26-20-38-24-42-26/h20,24-25,28-30,41,43H,3-19,21-23,36H2,1-2H3,(H2,37,49)(H,38,42)(H,39,48)(H,40,47)/t25?,28-,29?,30-/m0/s1. The molecule has 0 bridgehead atoms. The van der Waals surface area contributed by atoms with Gasteiger partial charge in [0.15, 0.2) is 11.6 Å². The molecule has 0 aliphatic rings. The molecular formula is C35H61N7O11. The van der Waals surface area contributed by atoms with Crippen molar-refractivity contribution in [3.8, 4) is 0 Å². The van der Waals surface area contributed by atoms with Crippen LogP contribution in [0.5, 0.6) is 0 Å². The van der Waals surface area contributed by atoms with Gasteiger partial charge < -0.3 is 56.5 Å². The van der Waals surface area contributed by atoms with Gasteiger partial charge in [-0.15, -0.1) is 0 Å². The Morgan fingerprint density at radius 3 is 2.17 bits per heavy atom. The highest BCUT2D eigenvalue weighted by Gasteiger charge is 2.26. The van der Waals surface area contributed by atoms with Crippen LogP contribution in [0, 0.1) is 5.92 Å². The summed E-state index contributed by atoms with van der Waals surface area (Å²) in [4.78, 5) is 79.4. The maximum atomic E-state index is 13.1. The molecule has 9 N–H and O–H groups in total. The molecule has 0 radical (unpaired) electrons. The number of hydrogen-bond acceptors (Lipinski definition) is 14. The number of H-pyrrole nitrogens is 1. The number of nitrogens with two attached hydrogens (primary N) is 2. The molecule has 0 saturated heterocycles. The number of unbranched alkanes of at least 4 members (excludes halogenated alkanes) is 1. The number of ketones is 3. The van der Waals surface area contributed by atoms with Gasteiger partial charge in [0.05, 0.1) is 70.0 Å². The number of ether oxygens (including phenoxy) is 4. The highest BCUT2D eigenvalue weighted by atomic mass is 16.5. The lowest BCUT2D eigenvalue weighted by atomic mass is 9.93. The summed E-state index contributed by atoms with van der Waals surface area (Å²) in [5.74, 6) is -2.45. The number of amides is 3. The molecule has 1 rings (SSSR count). The highest BCUT2D eigenvalue weighted by Crippen LogP contribution is 2.14. The van der Waals surface area contributed by atoms with E-state index in [1.807, 2.05) is 0 Å². The summed E-state index contributed by atoms with van der Waals surface area (Å²) >= 11 is 0. The first kappa shape index (κ1) is 47.4. The molecule has 18 heteroatoms. The van der Waals surface area contributed by atoms with Gasteiger partial charge in [0.1, 0.15) is 19.0 Å². The second-order valence-electron chi connectivity index (χ2n) is 12.6. The first-order valence-electron chi connectivity index (χ1n) is 18.3. The van der Waals surface area contributed by atoms with Gasteiger partial charge in [0.25, 0.3) is 0 Å². The largest absolute Gasteiger partial charge is 0.393 e. The zero-order valence-electron chi connectivity index (χ0n) is 31.2. The van der Waals surface area contributed by atoms with Crippen molar-refractivity contribution in [3.63, 3.8) is 0 Å². The van der Waals surface area contributed by atoms with Crippen LogP contribution in [0.15, 0.2) is 12.5 Å². The highest BCUT2D eigenvalue weighted by molar-refractivity contribution is 5.88. The predicted molar refractivity (Wildman–Crippen MR) is 193 cm³/mol. The van der Waals surface area contributed by atoms with Crippen molar-refractivity contribution in [1.29, 1.82) is 0 Å². The molecule has 18 nitrogen and oxygen atoms in total. The number of carbonyl (C=O) groups is 6. The number of nitrogens with one attached hydrogen (secondary N) is 4. The van der Waals surface area contributed by atoms with Crippen molar-refractivity contribution in [2.24, 2.45) is 17.4 Å². The van der Waals surface area contributed by atoms with Crippen molar-refractivity contribution in [1.82, 2.24) is 25.9 Å². The van der Waals surface area contributed by atoms with Gasteiger partial charge in [-0.2, -0.15) is 0 Å². The number of aliphatic hydroxyl groups is 1. The lowest BCUT2D eigenvalue weighted by Crippen LogP contribution is -2.45. The van der Waals surface area contributed by atoms with E-state index in [1.165, 1.54) is 13.3 Å². The first-order valence-corrected chi connectivity index (χ1v) is 18.3. The third kappa shape index (κ3) is 24.3. The molecule has 1 aromatic heterocycles. The van der Waals surface area contributed by atoms with Gasteiger partial charge in [0.2, 0.25) is 17.7 Å². The van der Waals surface area contributed by atoms with Crippen molar-refractivity contribution >= 4 is 35.1 Å². The van der Waals surface area contributed by atoms with E-state index in [-0.39, 0.29) is 88.0 Å². The van der Waals surface area contributed by atoms with Gasteiger partial charge in [-0.25, -0.2) is 4.98 Å². The molecule has 0 fully saturated rings. The fraction of sp³-hybridized carbons (Fsp3) is 0.743. The van der Waals surface area contributed by atoms with Crippen LogP contribution < -0.4 is 27.4 Å². The van der Waals surface area contributed by atoms with Crippen LogP contribution in [0.2, 0.25) is 0 Å². The Hall–Kier alpha value is -3.65. The number of hydrogen-bond donors (Lipinski definition) is 7. The number of aromatic nitrogens is 2. The molecule has 0 aliphatic carbocycles. The third-order valence-corrected chi connectivity index (χ3v) is 8.09. The molecule has 0 aromatic carbocycles. The second-order valence-corrected chi connectivity index (χ2v) is 12.6. The molecule has 53 heavy (non-hydrogen) atoms. The number of primary amides is 1. The fourth-order valence-electron chi connectivity index (χ4n) is 4.95. The monoisotopic (exact) mass is 755 g/mol. The van der Waals surface area contributed by atoms with Crippen molar-refractivity contribution in [3.05, 3.63) is 18.2 Å². The smallest absolute Gasteiger partial charge is 0.245 e. The summed E-state index contributed by atoms with van der Waals surface area (Å²) < 4.78 is 21.4. The maximum absolute atomic E-state index is 13.1. The van der Waals surface area contributed by atoms with E-state index in [0.717, 1.165) is 0 Å². The average molecular weight is 756 g/mol. The van der Waals surface area contributed by atoms with Gasteiger partial charge in [-0.05, 0) is 39.0 Å². The van der Waals surface area contributed by atoms with E-state index in [2.05, 4.69) is 25.9 Å². The number of nitrogens with zero attached hydrogens (tertiary/aromatic N) is 1. The zero-order chi connectivity index (χ0) is 39.3. The van der Waals surface area contributed by atoms with Crippen LogP contribution in [-0.4, -0.2) is 141 Å². The second kappa shape index (κ2) is 29.8. The number of imidazole rings is 1. The summed E-state index contributed by atoms with van der Waals surface area (Å²) in [7, 11) is 0. The first-order chi connectivity index (χ1) is 25.4. The fourth-order valence-corrected chi connectivity index (χ4v) is 4.95. The van der Waals surface area contributed by atoms with E-state index in [9.17, 15) is 33.9 Å². The molecular weight excluding hydrogens is 694 g/mol. The van der Waals surface area contributed by atoms with Crippen LogP contribution >= 0.6 is 0 Å². The van der Waals surface area contributed by atoms with Gasteiger partial charge >= 0.3 is 0 Å². The number of aliphatic hydroxyl groups excluding tert-OH is 1. The Kier molecular flexibility index (Phi) is 26.6. The summed E-state index contributed by atoms with van der Waals surface area (Å²) in [6.45, 7) is 5.56. The van der Waals surface area contributed by atoms with Crippen LogP contribution in [0.3, 0.4) is 0 Å². The van der Waals surface area contributed by atoms with Crippen LogP contribution in [-0.2, 0) is 54.1 Å². The molecule has 3 amide bonds. The molecule has 2 unspecified atom stereocenters. The Labute approximate surface area is 311 Å². The summed E-state index contributed by atoms with van der Waals surface area (Å²) in [6.07, 6.45) is 5.16. The number of Topliss-reactive ketones (excluding diaryl/α,β-unsaturated/α-hetero) is 3. The number of rotatable bonds is 35. The molecule has 1 heterocycles. The summed E-state index contributed by atoms with van der Waals surface area (Å²) in [5.41, 5.74) is 12.1. The van der Waals surface area contributed by atoms with E-state index in [4.69, 9.17) is 30.4 Å². The Bertz CT molecular complexity index is 1200. The van der Waals surface area contributed by atoms with Gasteiger partial charge in [-0.1, -0.05) is 6.92 Å². The third-order valence-electron chi connectivity index (χ3n) is 8.09. The minimum Gasteiger partial charge on any atom is -0.393 e. The van der Waals surface area contributed by atoms with Crippen molar-refractivity contribution in [2.75, 3.05) is 72.5 Å². The SMILES string of the molecule is CCC(=O)NCCOCCOCC(=O)CCCOCCOCC(=O)NCCCC[C@H](NCC(=O)C(N)Cc1cnc[nH]1)C(=O)CC[C@H](C(N)=O)C(C)O. The average Bonchev–Trinajstić information content (AvgIpc) is 3.64. The van der Waals surface area contributed by atoms with E-state index in [0.29, 0.717) is 77.1 Å². The van der Waals surface area contributed by atoms with Crippen molar-refractivity contribution in [2.45, 2.75) is 89.8 Å². The minimum atomic E-state index is -1.00. The Balaban J connectivity index is 2.21. The predicted octanol–water partition coefficient (Wildman–Crippen LogP) is -1.13. The van der Waals surface area contributed by atoms with Crippen LogP contribution in [0.4, 0.5) is 0 Å². The van der Waals surface area contributed by atoms with Crippen LogP contribution in [0.25, 0.3) is 0 Å². The molecule has 1 aromatic rings.